The van der Waals surface area contributed by atoms with Crippen LogP contribution in [0.5, 0.6) is 0 Å². The number of rotatable bonds is 2. The molecule has 0 spiro atoms. The van der Waals surface area contributed by atoms with Crippen molar-refractivity contribution in [1.29, 1.82) is 0 Å². The summed E-state index contributed by atoms with van der Waals surface area (Å²) in [5, 5.41) is 2.66. The quantitative estimate of drug-likeness (QED) is 0.266. The van der Waals surface area contributed by atoms with Gasteiger partial charge >= 0.3 is 0 Å². The minimum absolute atomic E-state index is 0.00846. The van der Waals surface area contributed by atoms with Crippen molar-refractivity contribution in [3.63, 3.8) is 0 Å². The third kappa shape index (κ3) is 4.25. The second-order valence-corrected chi connectivity index (χ2v) is 13.2. The van der Waals surface area contributed by atoms with Crippen molar-refractivity contribution in [1.82, 2.24) is 0 Å². The van der Waals surface area contributed by atoms with Gasteiger partial charge in [0.2, 0.25) is 0 Å². The Labute approximate surface area is 224 Å². The normalized spacial score (nSPS) is 14.6. The average molecular weight is 486 g/mol. The van der Waals surface area contributed by atoms with Crippen LogP contribution in [-0.4, -0.2) is 0 Å². The van der Waals surface area contributed by atoms with Gasteiger partial charge in [0.1, 0.15) is 0 Å². The first-order chi connectivity index (χ1) is 17.3. The van der Waals surface area contributed by atoms with Crippen LogP contribution in [0.4, 0.5) is 0 Å². The summed E-state index contributed by atoms with van der Waals surface area (Å²) < 4.78 is 0. The number of benzene rings is 3. The van der Waals surface area contributed by atoms with Crippen LogP contribution < -0.4 is 10.4 Å². The van der Waals surface area contributed by atoms with E-state index in [-0.39, 0.29) is 10.8 Å². The summed E-state index contributed by atoms with van der Waals surface area (Å²) in [7, 11) is 0. The molecular weight excluding hydrogens is 444 g/mol. The number of aryl methyl sites for hydroxylation is 2. The third-order valence-electron chi connectivity index (χ3n) is 8.04. The molecule has 0 saturated carbocycles. The molecule has 0 atom stereocenters. The van der Waals surface area contributed by atoms with E-state index in [4.69, 9.17) is 0 Å². The van der Waals surface area contributed by atoms with E-state index in [2.05, 4.69) is 130 Å². The van der Waals surface area contributed by atoms with Crippen molar-refractivity contribution in [2.24, 2.45) is 0 Å². The number of allylic oxidation sites excluding steroid dienone is 4. The van der Waals surface area contributed by atoms with Crippen LogP contribution in [0.3, 0.4) is 0 Å². The van der Waals surface area contributed by atoms with Crippen LogP contribution in [0.25, 0.3) is 33.9 Å². The van der Waals surface area contributed by atoms with Gasteiger partial charge in [-0.15, -0.1) is 0 Å². The predicted octanol–water partition coefficient (Wildman–Crippen LogP) is 8.65. The highest BCUT2D eigenvalue weighted by Crippen LogP contribution is 2.41. The summed E-state index contributed by atoms with van der Waals surface area (Å²) in [6.45, 7) is 23.0. The van der Waals surface area contributed by atoms with Crippen LogP contribution >= 0.6 is 0 Å². The lowest BCUT2D eigenvalue weighted by Gasteiger charge is -2.27. The van der Waals surface area contributed by atoms with Gasteiger partial charge in [-0.2, -0.15) is 0 Å². The molecular formula is C37H41. The summed E-state index contributed by atoms with van der Waals surface area (Å²) in [5.41, 5.74) is 16.4. The third-order valence-corrected chi connectivity index (χ3v) is 8.04. The van der Waals surface area contributed by atoms with Gasteiger partial charge in [-0.25, -0.2) is 0 Å². The molecule has 0 amide bonds. The first kappa shape index (κ1) is 25.5. The largest absolute Gasteiger partial charge is 0.0795 e. The molecule has 37 heavy (non-hydrogen) atoms. The van der Waals surface area contributed by atoms with Gasteiger partial charge in [0.15, 0.2) is 0 Å². The van der Waals surface area contributed by atoms with E-state index in [1.807, 2.05) is 0 Å². The Morgan fingerprint density at radius 3 is 2.05 bits per heavy atom. The van der Waals surface area contributed by atoms with Crippen LogP contribution in [0, 0.1) is 13.8 Å². The summed E-state index contributed by atoms with van der Waals surface area (Å²) in [6, 6.07) is 16.1. The predicted molar refractivity (Wildman–Crippen MR) is 162 cm³/mol. The summed E-state index contributed by atoms with van der Waals surface area (Å²) >= 11 is 0. The molecule has 0 bridgehead atoms. The van der Waals surface area contributed by atoms with Gasteiger partial charge in [-0.3, -0.25) is 0 Å². The molecule has 0 saturated heterocycles. The minimum Gasteiger partial charge on any atom is -0.0795 e. The Morgan fingerprint density at radius 1 is 0.784 bits per heavy atom. The lowest BCUT2D eigenvalue weighted by Crippen LogP contribution is -2.31. The molecule has 0 heterocycles. The summed E-state index contributed by atoms with van der Waals surface area (Å²) in [6.07, 6.45) is 9.61. The Morgan fingerprint density at radius 2 is 1.46 bits per heavy atom. The van der Waals surface area contributed by atoms with E-state index in [0.29, 0.717) is 0 Å². The molecule has 3 aromatic carbocycles. The van der Waals surface area contributed by atoms with Crippen LogP contribution in [0.1, 0.15) is 101 Å². The average Bonchev–Trinajstić information content (AvgIpc) is 3.40. The zero-order valence-corrected chi connectivity index (χ0v) is 24.4. The van der Waals surface area contributed by atoms with Crippen LogP contribution in [0.2, 0.25) is 0 Å². The monoisotopic (exact) mass is 485 g/mol. The molecule has 189 valence electrons. The molecule has 2 aliphatic rings. The summed E-state index contributed by atoms with van der Waals surface area (Å²) in [5.74, 6) is 0. The second-order valence-electron chi connectivity index (χ2n) is 13.2. The smallest absolute Gasteiger partial charge is 0.000731 e. The molecule has 3 aromatic rings. The Balaban J connectivity index is 1.95. The highest BCUT2D eigenvalue weighted by molar-refractivity contribution is 6.02. The molecule has 0 unspecified atom stereocenters. The molecule has 0 N–H and O–H groups in total. The maximum absolute atomic E-state index is 3.94. The highest BCUT2D eigenvalue weighted by atomic mass is 14.3. The molecule has 2 aliphatic carbocycles. The van der Waals surface area contributed by atoms with Crippen molar-refractivity contribution < 1.29 is 0 Å². The topological polar surface area (TPSA) is 0 Å². The summed E-state index contributed by atoms with van der Waals surface area (Å²) in [4.78, 5) is 0. The van der Waals surface area contributed by atoms with Gasteiger partial charge in [-0.1, -0.05) is 89.6 Å². The molecule has 0 fully saturated rings. The Hall–Kier alpha value is -3.12. The van der Waals surface area contributed by atoms with Crippen molar-refractivity contribution in [2.45, 2.75) is 86.5 Å². The first-order valence-electron chi connectivity index (χ1n) is 13.7. The minimum atomic E-state index is -0.00846. The maximum Gasteiger partial charge on any atom is -0.000731 e. The van der Waals surface area contributed by atoms with Crippen molar-refractivity contribution in [3.8, 4) is 11.1 Å². The lowest BCUT2D eigenvalue weighted by molar-refractivity contribution is 0.583. The van der Waals surface area contributed by atoms with Gasteiger partial charge in [-0.05, 0) is 135 Å². The van der Waals surface area contributed by atoms with Crippen LogP contribution in [0.15, 0.2) is 54.6 Å². The Kier molecular flexibility index (Phi) is 6.02. The van der Waals surface area contributed by atoms with E-state index in [1.54, 1.807) is 0 Å². The van der Waals surface area contributed by atoms with E-state index in [9.17, 15) is 0 Å². The maximum atomic E-state index is 3.94. The van der Waals surface area contributed by atoms with E-state index >= 15 is 0 Å². The number of fused-ring (bicyclic) bond motifs is 3. The Bertz CT molecular complexity index is 1590. The molecule has 0 nitrogen and oxygen atoms in total. The fraction of sp³-hybridized carbons (Fsp3) is 0.351. The zero-order chi connectivity index (χ0) is 26.9. The zero-order valence-electron chi connectivity index (χ0n) is 24.4. The van der Waals surface area contributed by atoms with Gasteiger partial charge < -0.3 is 0 Å². The lowest BCUT2D eigenvalue weighted by atomic mass is 9.76. The fourth-order valence-electron chi connectivity index (χ4n) is 6.20. The molecule has 0 heteroatoms. The SMILES string of the molecule is CC(C)=c1cc2c(c(C3=C(c4c(C)cccc4C)C=CC3)c1C(C)(C)C)=[C]c1cc(C(C)(C)C)ccc1-2. The number of hydrogen-bond acceptors (Lipinski definition) is 0. The molecule has 0 aromatic heterocycles. The van der Waals surface area contributed by atoms with Gasteiger partial charge in [0.25, 0.3) is 0 Å². The van der Waals surface area contributed by atoms with Crippen LogP contribution in [-0.2, 0) is 10.8 Å². The van der Waals surface area contributed by atoms with Crippen molar-refractivity contribution >= 4 is 22.8 Å². The van der Waals surface area contributed by atoms with Crippen molar-refractivity contribution in [3.05, 3.63) is 104 Å². The standard InChI is InChI=1S/C37H41/c1-22(2)30-21-31-27-18-17-26(36(5,6)7)19-25(27)20-32(31)34(35(30)37(8,9)10)29-16-12-15-28(29)33-23(3)13-11-14-24(33)4/h11-15,17-19,21H,16H2,1-10H3. The van der Waals surface area contributed by atoms with Crippen molar-refractivity contribution in [2.75, 3.05) is 0 Å². The molecule has 5 rings (SSSR count). The first-order valence-corrected chi connectivity index (χ1v) is 13.7. The fourth-order valence-corrected chi connectivity index (χ4v) is 6.20. The molecule has 1 radical (unpaired) electrons. The highest BCUT2D eigenvalue weighted by Gasteiger charge is 2.30. The second kappa shape index (κ2) is 8.73. The van der Waals surface area contributed by atoms with Gasteiger partial charge in [0, 0.05) is 0 Å². The van der Waals surface area contributed by atoms with E-state index < -0.39 is 0 Å². The van der Waals surface area contributed by atoms with E-state index in [1.165, 1.54) is 77.2 Å². The number of hydrogen-bond donors (Lipinski definition) is 0. The van der Waals surface area contributed by atoms with Gasteiger partial charge in [0.05, 0.1) is 0 Å². The van der Waals surface area contributed by atoms with E-state index in [0.717, 1.165) is 6.42 Å². The molecule has 0 aliphatic heterocycles.